The zero-order chi connectivity index (χ0) is 16.1. The Balaban J connectivity index is 2.04. The lowest BCUT2D eigenvalue weighted by atomic mass is 9.98. The van der Waals surface area contributed by atoms with Crippen LogP contribution >= 0.6 is 0 Å². The molecule has 0 spiro atoms. The maximum atomic E-state index is 12.5. The van der Waals surface area contributed by atoms with Crippen LogP contribution < -0.4 is 5.32 Å². The molecule has 1 N–H and O–H groups in total. The molecule has 0 unspecified atom stereocenters. The van der Waals surface area contributed by atoms with E-state index in [0.29, 0.717) is 13.1 Å². The van der Waals surface area contributed by atoms with Gasteiger partial charge in [0.05, 0.1) is 7.11 Å². The molecule has 2 rings (SSSR count). The van der Waals surface area contributed by atoms with Gasteiger partial charge >= 0.3 is 12.0 Å². The summed E-state index contributed by atoms with van der Waals surface area (Å²) in [5.74, 6) is -0.353. The van der Waals surface area contributed by atoms with Gasteiger partial charge in [0, 0.05) is 13.1 Å². The number of carbonyl (C=O) groups excluding carboxylic acids is 2. The lowest BCUT2D eigenvalue weighted by Gasteiger charge is -2.31. The van der Waals surface area contributed by atoms with Crippen LogP contribution in [0, 0.1) is 5.92 Å². The van der Waals surface area contributed by atoms with Crippen LogP contribution in [-0.2, 0) is 22.5 Å². The first-order valence-corrected chi connectivity index (χ1v) is 7.76. The number of rotatable bonds is 4. The quantitative estimate of drug-likeness (QED) is 0.869. The van der Waals surface area contributed by atoms with Gasteiger partial charge in [0.15, 0.2) is 0 Å². The molecule has 1 aliphatic rings. The SMILES string of the molecule is CC[C@H](C)[C@H](NC(=O)N1CCc2ccccc2C1)C(=O)OC. The van der Waals surface area contributed by atoms with Gasteiger partial charge in [-0.05, 0) is 23.5 Å². The topological polar surface area (TPSA) is 58.6 Å². The van der Waals surface area contributed by atoms with E-state index < -0.39 is 6.04 Å². The minimum atomic E-state index is -0.598. The predicted molar refractivity (Wildman–Crippen MR) is 84.3 cm³/mol. The number of urea groups is 1. The average Bonchev–Trinajstić information content (AvgIpc) is 2.57. The number of carbonyl (C=O) groups is 2. The minimum Gasteiger partial charge on any atom is -0.467 e. The van der Waals surface area contributed by atoms with Gasteiger partial charge in [-0.3, -0.25) is 0 Å². The van der Waals surface area contributed by atoms with Crippen molar-refractivity contribution < 1.29 is 14.3 Å². The molecule has 120 valence electrons. The molecular formula is C17H24N2O3. The summed E-state index contributed by atoms with van der Waals surface area (Å²) in [4.78, 5) is 26.1. The van der Waals surface area contributed by atoms with Gasteiger partial charge in [-0.15, -0.1) is 0 Å². The summed E-state index contributed by atoms with van der Waals surface area (Å²) >= 11 is 0. The molecule has 0 aromatic heterocycles. The first-order chi connectivity index (χ1) is 10.6. The van der Waals surface area contributed by atoms with Crippen molar-refractivity contribution in [1.29, 1.82) is 0 Å². The van der Waals surface area contributed by atoms with Crippen LogP contribution in [0.3, 0.4) is 0 Å². The zero-order valence-electron chi connectivity index (χ0n) is 13.5. The van der Waals surface area contributed by atoms with Crippen molar-refractivity contribution in [2.75, 3.05) is 13.7 Å². The van der Waals surface area contributed by atoms with Crippen molar-refractivity contribution in [2.24, 2.45) is 5.92 Å². The molecule has 5 nitrogen and oxygen atoms in total. The van der Waals surface area contributed by atoms with Crippen molar-refractivity contribution in [3.63, 3.8) is 0 Å². The summed E-state index contributed by atoms with van der Waals surface area (Å²) in [7, 11) is 1.35. The van der Waals surface area contributed by atoms with Gasteiger partial charge in [0.2, 0.25) is 0 Å². The number of nitrogens with one attached hydrogen (secondary N) is 1. The fourth-order valence-corrected chi connectivity index (χ4v) is 2.69. The summed E-state index contributed by atoms with van der Waals surface area (Å²) in [5.41, 5.74) is 2.46. The number of methoxy groups -OCH3 is 1. The maximum absolute atomic E-state index is 12.5. The van der Waals surface area contributed by atoms with Crippen LogP contribution in [0.5, 0.6) is 0 Å². The van der Waals surface area contributed by atoms with Gasteiger partial charge in [-0.2, -0.15) is 0 Å². The Kier molecular flexibility index (Phi) is 5.41. The Morgan fingerprint density at radius 2 is 2.00 bits per heavy atom. The van der Waals surface area contributed by atoms with Crippen molar-refractivity contribution in [3.8, 4) is 0 Å². The molecule has 2 amide bonds. The molecule has 1 aromatic rings. The van der Waals surface area contributed by atoms with Crippen LogP contribution in [0.25, 0.3) is 0 Å². The van der Waals surface area contributed by atoms with E-state index in [4.69, 9.17) is 4.74 Å². The van der Waals surface area contributed by atoms with E-state index in [9.17, 15) is 9.59 Å². The Morgan fingerprint density at radius 1 is 1.32 bits per heavy atom. The van der Waals surface area contributed by atoms with Crippen LogP contribution in [0.1, 0.15) is 31.4 Å². The monoisotopic (exact) mass is 304 g/mol. The predicted octanol–water partition coefficient (Wildman–Crippen LogP) is 2.34. The molecule has 5 heteroatoms. The van der Waals surface area contributed by atoms with E-state index in [1.54, 1.807) is 4.90 Å². The molecule has 0 fully saturated rings. The van der Waals surface area contributed by atoms with E-state index in [0.717, 1.165) is 12.8 Å². The number of ether oxygens (including phenoxy) is 1. The highest BCUT2D eigenvalue weighted by Gasteiger charge is 2.29. The third-order valence-corrected chi connectivity index (χ3v) is 4.36. The molecule has 0 saturated carbocycles. The number of amides is 2. The van der Waals surface area contributed by atoms with Crippen LogP contribution in [0.2, 0.25) is 0 Å². The minimum absolute atomic E-state index is 0.0356. The molecule has 0 bridgehead atoms. The average molecular weight is 304 g/mol. The van der Waals surface area contributed by atoms with Crippen LogP contribution in [0.15, 0.2) is 24.3 Å². The van der Waals surface area contributed by atoms with E-state index in [1.807, 2.05) is 32.0 Å². The summed E-state index contributed by atoms with van der Waals surface area (Å²) in [6.07, 6.45) is 1.64. The highest BCUT2D eigenvalue weighted by atomic mass is 16.5. The van der Waals surface area contributed by atoms with Gasteiger partial charge < -0.3 is 15.0 Å². The standard InChI is InChI=1S/C17H24N2O3/c1-4-12(2)15(16(20)22-3)18-17(21)19-10-9-13-7-5-6-8-14(13)11-19/h5-8,12,15H,4,9-11H2,1-3H3,(H,18,21)/t12-,15-/m0/s1. The Bertz CT molecular complexity index is 544. The number of fused-ring (bicyclic) bond motifs is 1. The smallest absolute Gasteiger partial charge is 0.328 e. The van der Waals surface area contributed by atoms with E-state index in [1.165, 1.54) is 18.2 Å². The molecule has 1 heterocycles. The molecule has 0 aliphatic carbocycles. The Morgan fingerprint density at radius 3 is 2.64 bits per heavy atom. The summed E-state index contributed by atoms with van der Waals surface area (Å²) < 4.78 is 4.81. The Hall–Kier alpha value is -2.04. The zero-order valence-corrected chi connectivity index (χ0v) is 13.5. The molecular weight excluding hydrogens is 280 g/mol. The van der Waals surface area contributed by atoms with Crippen molar-refractivity contribution >= 4 is 12.0 Å². The second-order valence-electron chi connectivity index (χ2n) is 5.78. The van der Waals surface area contributed by atoms with Gasteiger partial charge in [-0.25, -0.2) is 9.59 Å². The highest BCUT2D eigenvalue weighted by Crippen LogP contribution is 2.19. The fraction of sp³-hybridized carbons (Fsp3) is 0.529. The number of hydrogen-bond acceptors (Lipinski definition) is 3. The number of benzene rings is 1. The molecule has 0 radical (unpaired) electrons. The third kappa shape index (κ3) is 3.59. The first-order valence-electron chi connectivity index (χ1n) is 7.76. The fourth-order valence-electron chi connectivity index (χ4n) is 2.69. The van der Waals surface area contributed by atoms with Gasteiger partial charge in [0.25, 0.3) is 0 Å². The second-order valence-corrected chi connectivity index (χ2v) is 5.78. The van der Waals surface area contributed by atoms with Gasteiger partial charge in [-0.1, -0.05) is 44.5 Å². The third-order valence-electron chi connectivity index (χ3n) is 4.36. The highest BCUT2D eigenvalue weighted by molar-refractivity contribution is 5.84. The number of hydrogen-bond donors (Lipinski definition) is 1. The van der Waals surface area contributed by atoms with Crippen LogP contribution in [-0.4, -0.2) is 36.6 Å². The maximum Gasteiger partial charge on any atom is 0.328 e. The normalized spacial score (nSPS) is 16.4. The number of nitrogens with zero attached hydrogens (tertiary/aromatic N) is 1. The molecule has 1 aliphatic heterocycles. The lowest BCUT2D eigenvalue weighted by Crippen LogP contribution is -2.51. The lowest BCUT2D eigenvalue weighted by molar-refractivity contribution is -0.144. The largest absolute Gasteiger partial charge is 0.467 e. The van der Waals surface area contributed by atoms with Crippen molar-refractivity contribution in [3.05, 3.63) is 35.4 Å². The molecule has 0 saturated heterocycles. The second kappa shape index (κ2) is 7.29. The molecule has 22 heavy (non-hydrogen) atoms. The van der Waals surface area contributed by atoms with E-state index in [2.05, 4.69) is 11.4 Å². The molecule has 2 atom stereocenters. The molecule has 1 aromatic carbocycles. The van der Waals surface area contributed by atoms with Crippen molar-refractivity contribution in [1.82, 2.24) is 10.2 Å². The van der Waals surface area contributed by atoms with E-state index >= 15 is 0 Å². The van der Waals surface area contributed by atoms with Crippen molar-refractivity contribution in [2.45, 2.75) is 39.3 Å². The summed E-state index contributed by atoms with van der Waals surface area (Å²) in [5, 5.41) is 2.83. The van der Waals surface area contributed by atoms with Crippen LogP contribution in [0.4, 0.5) is 4.79 Å². The van der Waals surface area contributed by atoms with Gasteiger partial charge in [0.1, 0.15) is 6.04 Å². The summed E-state index contributed by atoms with van der Waals surface area (Å²) in [6, 6.07) is 7.34. The summed E-state index contributed by atoms with van der Waals surface area (Å²) in [6.45, 7) is 5.17. The number of esters is 1. The van der Waals surface area contributed by atoms with E-state index in [-0.39, 0.29) is 17.9 Å². The Labute approximate surface area is 131 Å². The first kappa shape index (κ1) is 16.3.